The number of imidazole rings is 1. The van der Waals surface area contributed by atoms with Gasteiger partial charge in [0.2, 0.25) is 5.91 Å². The van der Waals surface area contributed by atoms with E-state index in [0.29, 0.717) is 11.0 Å². The van der Waals surface area contributed by atoms with Crippen molar-refractivity contribution >= 4 is 22.9 Å². The Balaban J connectivity index is 2.22. The first-order valence-corrected chi connectivity index (χ1v) is 6.83. The largest absolute Gasteiger partial charge is 0.480 e. The Morgan fingerprint density at radius 3 is 2.38 bits per heavy atom. The van der Waals surface area contributed by atoms with Crippen molar-refractivity contribution in [1.29, 1.82) is 0 Å². The summed E-state index contributed by atoms with van der Waals surface area (Å²) < 4.78 is 39.4. The fourth-order valence-electron chi connectivity index (χ4n) is 2.33. The molecule has 7 nitrogen and oxygen atoms in total. The standard InChI is InChI=1S/C14H14F3N3O4/c1-19-9-4-2-3-5-10(9)20(13(19)24)7-11(21)18-8(12(22)23)6-14(15,16)17/h2-5,8H,6-7H2,1H3,(H,18,21)(H,22,23). The molecule has 1 heterocycles. The Morgan fingerprint density at radius 2 is 1.83 bits per heavy atom. The number of halogens is 3. The number of aromatic nitrogens is 2. The zero-order valence-electron chi connectivity index (χ0n) is 12.5. The highest BCUT2D eigenvalue weighted by atomic mass is 19.4. The van der Waals surface area contributed by atoms with E-state index in [1.165, 1.54) is 11.6 Å². The smallest absolute Gasteiger partial charge is 0.391 e. The molecule has 1 aromatic heterocycles. The number of nitrogens with one attached hydrogen (secondary N) is 1. The minimum atomic E-state index is -4.74. The molecule has 0 saturated heterocycles. The molecule has 2 aromatic rings. The summed E-state index contributed by atoms with van der Waals surface area (Å²) in [5, 5.41) is 10.6. The van der Waals surface area contributed by atoms with Crippen molar-refractivity contribution in [2.24, 2.45) is 7.05 Å². The molecule has 24 heavy (non-hydrogen) atoms. The van der Waals surface area contributed by atoms with Gasteiger partial charge >= 0.3 is 17.8 Å². The maximum absolute atomic E-state index is 12.3. The molecule has 0 aliphatic rings. The lowest BCUT2D eigenvalue weighted by molar-refractivity contribution is -0.160. The molecule has 0 saturated carbocycles. The Kier molecular flexibility index (Phi) is 4.67. The van der Waals surface area contributed by atoms with Crippen LogP contribution in [0.3, 0.4) is 0 Å². The number of para-hydroxylation sites is 2. The molecule has 10 heteroatoms. The summed E-state index contributed by atoms with van der Waals surface area (Å²) in [6, 6.07) is 4.45. The fourth-order valence-corrected chi connectivity index (χ4v) is 2.33. The maximum Gasteiger partial charge on any atom is 0.391 e. The SMILES string of the molecule is Cn1c(=O)n(CC(=O)NC(CC(F)(F)F)C(=O)O)c2ccccc21. The quantitative estimate of drug-likeness (QED) is 0.841. The molecular formula is C14H14F3N3O4. The number of amides is 1. The molecule has 0 aliphatic carbocycles. The van der Waals surface area contributed by atoms with E-state index in [1.807, 2.05) is 0 Å². The monoisotopic (exact) mass is 345 g/mol. The third kappa shape index (κ3) is 3.76. The van der Waals surface area contributed by atoms with E-state index >= 15 is 0 Å². The van der Waals surface area contributed by atoms with Crippen molar-refractivity contribution < 1.29 is 27.9 Å². The first-order chi connectivity index (χ1) is 11.1. The van der Waals surface area contributed by atoms with Crippen molar-refractivity contribution in [3.8, 4) is 0 Å². The predicted octanol–water partition coefficient (Wildman–Crippen LogP) is 0.862. The maximum atomic E-state index is 12.3. The molecular weight excluding hydrogens is 331 g/mol. The first-order valence-electron chi connectivity index (χ1n) is 6.83. The molecule has 1 unspecified atom stereocenters. The lowest BCUT2D eigenvalue weighted by Crippen LogP contribution is -2.45. The number of hydrogen-bond acceptors (Lipinski definition) is 3. The number of fused-ring (bicyclic) bond motifs is 1. The van der Waals surface area contributed by atoms with Gasteiger partial charge in [-0.25, -0.2) is 9.59 Å². The zero-order valence-corrected chi connectivity index (χ0v) is 12.5. The van der Waals surface area contributed by atoms with Crippen LogP contribution in [0.5, 0.6) is 0 Å². The van der Waals surface area contributed by atoms with Gasteiger partial charge in [0, 0.05) is 7.05 Å². The molecule has 130 valence electrons. The average Bonchev–Trinajstić information content (AvgIpc) is 2.71. The van der Waals surface area contributed by atoms with Crippen molar-refractivity contribution in [1.82, 2.24) is 14.5 Å². The van der Waals surface area contributed by atoms with E-state index in [1.54, 1.807) is 29.6 Å². The van der Waals surface area contributed by atoms with E-state index in [0.717, 1.165) is 4.57 Å². The van der Waals surface area contributed by atoms with Crippen LogP contribution in [0.15, 0.2) is 29.1 Å². The van der Waals surface area contributed by atoms with E-state index in [2.05, 4.69) is 0 Å². The van der Waals surface area contributed by atoms with E-state index in [4.69, 9.17) is 5.11 Å². The number of alkyl halides is 3. The van der Waals surface area contributed by atoms with Gasteiger partial charge in [-0.05, 0) is 12.1 Å². The molecule has 0 bridgehead atoms. The third-order valence-electron chi connectivity index (χ3n) is 3.42. The zero-order chi connectivity index (χ0) is 18.1. The number of carboxylic acid groups (broad SMARTS) is 1. The van der Waals surface area contributed by atoms with Gasteiger partial charge in [-0.1, -0.05) is 12.1 Å². The second kappa shape index (κ2) is 6.38. The van der Waals surface area contributed by atoms with Crippen LogP contribution in [0.25, 0.3) is 11.0 Å². The van der Waals surface area contributed by atoms with Gasteiger partial charge in [0.1, 0.15) is 12.6 Å². The lowest BCUT2D eigenvalue weighted by Gasteiger charge is -2.16. The molecule has 1 amide bonds. The summed E-state index contributed by atoms with van der Waals surface area (Å²) in [6.07, 6.45) is -6.44. The van der Waals surface area contributed by atoms with Crippen molar-refractivity contribution in [3.63, 3.8) is 0 Å². The van der Waals surface area contributed by atoms with Crippen LogP contribution in [-0.4, -0.2) is 38.3 Å². The number of nitrogens with zero attached hydrogens (tertiary/aromatic N) is 2. The van der Waals surface area contributed by atoms with Gasteiger partial charge in [0.15, 0.2) is 0 Å². The Bertz CT molecular complexity index is 838. The highest BCUT2D eigenvalue weighted by Gasteiger charge is 2.36. The molecule has 2 N–H and O–H groups in total. The minimum Gasteiger partial charge on any atom is -0.480 e. The number of carbonyl (C=O) groups excluding carboxylic acids is 1. The highest BCUT2D eigenvalue weighted by Crippen LogP contribution is 2.21. The summed E-state index contributed by atoms with van der Waals surface area (Å²) in [6.45, 7) is -0.582. The van der Waals surface area contributed by atoms with Crippen molar-refractivity contribution in [2.45, 2.75) is 25.2 Å². The van der Waals surface area contributed by atoms with Gasteiger partial charge in [0.25, 0.3) is 0 Å². The summed E-state index contributed by atoms with van der Waals surface area (Å²) >= 11 is 0. The van der Waals surface area contributed by atoms with Crippen LogP contribution in [0.4, 0.5) is 13.2 Å². The summed E-state index contributed by atoms with van der Waals surface area (Å²) in [7, 11) is 1.49. The van der Waals surface area contributed by atoms with Gasteiger partial charge in [-0.15, -0.1) is 0 Å². The Labute approximate surface area is 133 Å². The Morgan fingerprint density at radius 1 is 1.25 bits per heavy atom. The second-order valence-electron chi connectivity index (χ2n) is 5.19. The van der Waals surface area contributed by atoms with Gasteiger partial charge in [-0.3, -0.25) is 13.9 Å². The molecule has 0 fully saturated rings. The predicted molar refractivity (Wildman–Crippen MR) is 77.4 cm³/mol. The second-order valence-corrected chi connectivity index (χ2v) is 5.19. The van der Waals surface area contributed by atoms with Crippen LogP contribution >= 0.6 is 0 Å². The number of rotatable bonds is 5. The first kappa shape index (κ1) is 17.6. The molecule has 0 aliphatic heterocycles. The summed E-state index contributed by atoms with van der Waals surface area (Å²) in [5.74, 6) is -2.80. The summed E-state index contributed by atoms with van der Waals surface area (Å²) in [4.78, 5) is 34.9. The van der Waals surface area contributed by atoms with Crippen LogP contribution in [-0.2, 0) is 23.2 Å². The van der Waals surface area contributed by atoms with Crippen molar-refractivity contribution in [3.05, 3.63) is 34.7 Å². The average molecular weight is 345 g/mol. The number of aryl methyl sites for hydroxylation is 1. The molecule has 0 spiro atoms. The fraction of sp³-hybridized carbons (Fsp3) is 0.357. The van der Waals surface area contributed by atoms with E-state index in [9.17, 15) is 27.6 Å². The van der Waals surface area contributed by atoms with Crippen LogP contribution < -0.4 is 11.0 Å². The van der Waals surface area contributed by atoms with E-state index < -0.39 is 42.7 Å². The molecule has 1 aromatic carbocycles. The van der Waals surface area contributed by atoms with E-state index in [-0.39, 0.29) is 0 Å². The van der Waals surface area contributed by atoms with Crippen LogP contribution in [0.1, 0.15) is 6.42 Å². The van der Waals surface area contributed by atoms with Crippen molar-refractivity contribution in [2.75, 3.05) is 0 Å². The summed E-state index contributed by atoms with van der Waals surface area (Å²) in [5.41, 5.74) is 0.428. The van der Waals surface area contributed by atoms with Gasteiger partial charge in [0.05, 0.1) is 17.5 Å². The lowest BCUT2D eigenvalue weighted by atomic mass is 10.2. The number of carbonyl (C=O) groups is 2. The molecule has 2 rings (SSSR count). The number of carboxylic acids is 1. The third-order valence-corrected chi connectivity index (χ3v) is 3.42. The normalized spacial score (nSPS) is 13.0. The van der Waals surface area contributed by atoms with Crippen LogP contribution in [0, 0.1) is 0 Å². The number of aliphatic carboxylic acids is 1. The minimum absolute atomic E-state index is 0.419. The van der Waals surface area contributed by atoms with Gasteiger partial charge in [-0.2, -0.15) is 13.2 Å². The number of benzene rings is 1. The van der Waals surface area contributed by atoms with Crippen LogP contribution in [0.2, 0.25) is 0 Å². The molecule has 1 atom stereocenters. The highest BCUT2D eigenvalue weighted by molar-refractivity contribution is 5.85. The van der Waals surface area contributed by atoms with Gasteiger partial charge < -0.3 is 10.4 Å². The number of hydrogen-bond donors (Lipinski definition) is 2. The molecule has 0 radical (unpaired) electrons. The topological polar surface area (TPSA) is 93.3 Å². The Hall–Kier alpha value is -2.78.